The fourth-order valence-corrected chi connectivity index (χ4v) is 1.18. The molecule has 0 spiro atoms. The first-order valence-electron chi connectivity index (χ1n) is 3.87. The number of rotatable bonds is 1. The number of benzene rings is 1. The zero-order chi connectivity index (χ0) is 10.1. The van der Waals surface area contributed by atoms with Crippen molar-refractivity contribution in [1.82, 2.24) is 15.0 Å². The summed E-state index contributed by atoms with van der Waals surface area (Å²) in [5.41, 5.74) is 1.42. The number of aryl methyl sites for hydroxylation is 1. The highest BCUT2D eigenvalue weighted by atomic mass is 16.7. The minimum Gasteiger partial charge on any atom is -0.449 e. The molecule has 1 aromatic carbocycles. The Labute approximate surface area is 78.7 Å². The molecule has 72 valence electrons. The number of hydrogen-bond donors (Lipinski definition) is 1. The van der Waals surface area contributed by atoms with Crippen LogP contribution in [0.3, 0.4) is 0 Å². The molecule has 0 amide bonds. The second kappa shape index (κ2) is 2.99. The van der Waals surface area contributed by atoms with Crippen molar-refractivity contribution in [1.29, 1.82) is 0 Å². The lowest BCUT2D eigenvalue weighted by Gasteiger charge is -1.98. The Kier molecular flexibility index (Phi) is 1.81. The molecule has 6 nitrogen and oxygen atoms in total. The zero-order valence-corrected chi connectivity index (χ0v) is 7.34. The SMILES string of the molecule is Cn1nnc2cc(OC(=O)O)ccc21. The van der Waals surface area contributed by atoms with E-state index in [1.54, 1.807) is 23.9 Å². The molecule has 0 unspecified atom stereocenters. The quantitative estimate of drug-likeness (QED) is 0.540. The van der Waals surface area contributed by atoms with Gasteiger partial charge in [-0.2, -0.15) is 0 Å². The van der Waals surface area contributed by atoms with E-state index in [2.05, 4.69) is 15.0 Å². The lowest BCUT2D eigenvalue weighted by atomic mass is 10.3. The summed E-state index contributed by atoms with van der Waals surface area (Å²) in [6, 6.07) is 4.78. The van der Waals surface area contributed by atoms with Gasteiger partial charge < -0.3 is 9.84 Å². The van der Waals surface area contributed by atoms with Crippen LogP contribution in [0.2, 0.25) is 0 Å². The molecular formula is C8H7N3O3. The van der Waals surface area contributed by atoms with Crippen molar-refractivity contribution in [3.63, 3.8) is 0 Å². The third-order valence-corrected chi connectivity index (χ3v) is 1.79. The fourth-order valence-electron chi connectivity index (χ4n) is 1.18. The van der Waals surface area contributed by atoms with Gasteiger partial charge in [0.05, 0.1) is 5.52 Å². The highest BCUT2D eigenvalue weighted by Crippen LogP contribution is 2.18. The molecule has 0 aliphatic carbocycles. The number of aromatic nitrogens is 3. The predicted molar refractivity (Wildman–Crippen MR) is 47.2 cm³/mol. The van der Waals surface area contributed by atoms with E-state index < -0.39 is 6.16 Å². The van der Waals surface area contributed by atoms with Gasteiger partial charge in [0.25, 0.3) is 0 Å². The normalized spacial score (nSPS) is 10.4. The molecule has 0 saturated carbocycles. The van der Waals surface area contributed by atoms with Gasteiger partial charge in [-0.15, -0.1) is 5.10 Å². The van der Waals surface area contributed by atoms with E-state index in [1.165, 1.54) is 6.07 Å². The minimum atomic E-state index is -1.34. The second-order valence-corrected chi connectivity index (χ2v) is 2.73. The van der Waals surface area contributed by atoms with Gasteiger partial charge in [0.1, 0.15) is 11.3 Å². The maximum absolute atomic E-state index is 10.2. The molecule has 14 heavy (non-hydrogen) atoms. The summed E-state index contributed by atoms with van der Waals surface area (Å²) in [5.74, 6) is 0.241. The van der Waals surface area contributed by atoms with Crippen molar-refractivity contribution < 1.29 is 14.6 Å². The molecule has 0 saturated heterocycles. The zero-order valence-electron chi connectivity index (χ0n) is 7.34. The van der Waals surface area contributed by atoms with E-state index in [1.807, 2.05) is 0 Å². The molecule has 6 heteroatoms. The highest BCUT2D eigenvalue weighted by molar-refractivity contribution is 5.76. The van der Waals surface area contributed by atoms with Gasteiger partial charge >= 0.3 is 6.16 Å². The van der Waals surface area contributed by atoms with E-state index in [9.17, 15) is 4.79 Å². The first-order chi connectivity index (χ1) is 6.66. The van der Waals surface area contributed by atoms with Crippen LogP contribution in [0.15, 0.2) is 18.2 Å². The van der Waals surface area contributed by atoms with E-state index in [4.69, 9.17) is 5.11 Å². The maximum Gasteiger partial charge on any atom is 0.511 e. The van der Waals surface area contributed by atoms with Crippen LogP contribution in [0.1, 0.15) is 0 Å². The van der Waals surface area contributed by atoms with E-state index in [0.29, 0.717) is 5.52 Å². The lowest BCUT2D eigenvalue weighted by molar-refractivity contribution is 0.144. The van der Waals surface area contributed by atoms with Crippen LogP contribution < -0.4 is 4.74 Å². The van der Waals surface area contributed by atoms with Gasteiger partial charge in [-0.05, 0) is 12.1 Å². The third kappa shape index (κ3) is 1.37. The summed E-state index contributed by atoms with van der Waals surface area (Å²) in [5, 5.41) is 16.0. The number of carbonyl (C=O) groups is 1. The Balaban J connectivity index is 2.46. The number of ether oxygens (including phenoxy) is 1. The lowest BCUT2D eigenvalue weighted by Crippen LogP contribution is -2.02. The topological polar surface area (TPSA) is 77.2 Å². The molecule has 0 aliphatic heterocycles. The third-order valence-electron chi connectivity index (χ3n) is 1.79. The van der Waals surface area contributed by atoms with Crippen molar-refractivity contribution >= 4 is 17.2 Å². The molecule has 1 heterocycles. The van der Waals surface area contributed by atoms with Crippen LogP contribution in [0.4, 0.5) is 4.79 Å². The molecule has 2 aromatic rings. The standard InChI is InChI=1S/C8H7N3O3/c1-11-7-3-2-5(14-8(12)13)4-6(7)9-10-11/h2-4H,1H3,(H,12,13). The van der Waals surface area contributed by atoms with Crippen LogP contribution in [0.5, 0.6) is 5.75 Å². The monoisotopic (exact) mass is 193 g/mol. The number of fused-ring (bicyclic) bond motifs is 1. The smallest absolute Gasteiger partial charge is 0.449 e. The largest absolute Gasteiger partial charge is 0.511 e. The van der Waals surface area contributed by atoms with Crippen LogP contribution >= 0.6 is 0 Å². The first kappa shape index (κ1) is 8.49. The first-order valence-corrected chi connectivity index (χ1v) is 3.87. The van der Waals surface area contributed by atoms with E-state index in [-0.39, 0.29) is 5.75 Å². The van der Waals surface area contributed by atoms with Crippen molar-refractivity contribution in [2.75, 3.05) is 0 Å². The van der Waals surface area contributed by atoms with Gasteiger partial charge in [-0.25, -0.2) is 9.48 Å². The summed E-state index contributed by atoms with van der Waals surface area (Å²) in [6.45, 7) is 0. The van der Waals surface area contributed by atoms with Gasteiger partial charge in [0, 0.05) is 13.1 Å². The van der Waals surface area contributed by atoms with Crippen molar-refractivity contribution in [2.45, 2.75) is 0 Å². The van der Waals surface area contributed by atoms with Gasteiger partial charge in [0.15, 0.2) is 0 Å². The Bertz CT molecular complexity index is 492. The molecular weight excluding hydrogens is 186 g/mol. The average molecular weight is 193 g/mol. The molecule has 0 bridgehead atoms. The fraction of sp³-hybridized carbons (Fsp3) is 0.125. The maximum atomic E-state index is 10.2. The molecule has 2 rings (SSSR count). The number of hydrogen-bond acceptors (Lipinski definition) is 4. The predicted octanol–water partition coefficient (Wildman–Crippen LogP) is 1.03. The summed E-state index contributed by atoms with van der Waals surface area (Å²) >= 11 is 0. The van der Waals surface area contributed by atoms with Gasteiger partial charge in [-0.1, -0.05) is 5.21 Å². The summed E-state index contributed by atoms with van der Waals surface area (Å²) in [4.78, 5) is 10.2. The van der Waals surface area contributed by atoms with Crippen LogP contribution in [-0.4, -0.2) is 26.3 Å². The van der Waals surface area contributed by atoms with Crippen molar-refractivity contribution in [3.05, 3.63) is 18.2 Å². The Hall–Kier alpha value is -2.11. The van der Waals surface area contributed by atoms with Gasteiger partial charge in [-0.3, -0.25) is 0 Å². The van der Waals surface area contributed by atoms with Crippen LogP contribution in [0, 0.1) is 0 Å². The van der Waals surface area contributed by atoms with E-state index >= 15 is 0 Å². The molecule has 0 atom stereocenters. The summed E-state index contributed by atoms with van der Waals surface area (Å²) < 4.78 is 6.07. The van der Waals surface area contributed by atoms with Crippen LogP contribution in [-0.2, 0) is 7.05 Å². The minimum absolute atomic E-state index is 0.241. The molecule has 0 radical (unpaired) electrons. The van der Waals surface area contributed by atoms with Crippen LogP contribution in [0.25, 0.3) is 11.0 Å². The van der Waals surface area contributed by atoms with E-state index in [0.717, 1.165) is 5.52 Å². The Morgan fingerprint density at radius 2 is 2.36 bits per heavy atom. The van der Waals surface area contributed by atoms with Crippen molar-refractivity contribution in [2.24, 2.45) is 7.05 Å². The molecule has 1 aromatic heterocycles. The molecule has 0 aliphatic rings. The molecule has 1 N–H and O–H groups in total. The Morgan fingerprint density at radius 1 is 1.57 bits per heavy atom. The number of nitrogens with zero attached hydrogens (tertiary/aromatic N) is 3. The highest BCUT2D eigenvalue weighted by Gasteiger charge is 2.05. The summed E-state index contributed by atoms with van der Waals surface area (Å²) in [6.07, 6.45) is -1.34. The average Bonchev–Trinajstić information content (AvgIpc) is 2.46. The van der Waals surface area contributed by atoms with Gasteiger partial charge in [0.2, 0.25) is 0 Å². The number of carboxylic acid groups (broad SMARTS) is 1. The summed E-state index contributed by atoms with van der Waals surface area (Å²) in [7, 11) is 1.76. The second-order valence-electron chi connectivity index (χ2n) is 2.73. The van der Waals surface area contributed by atoms with Crippen molar-refractivity contribution in [3.8, 4) is 5.75 Å². The Morgan fingerprint density at radius 3 is 3.07 bits per heavy atom. The molecule has 0 fully saturated rings.